The fourth-order valence-electron chi connectivity index (χ4n) is 2.61. The summed E-state index contributed by atoms with van der Waals surface area (Å²) in [6.07, 6.45) is 0. The number of benzene rings is 2. The Labute approximate surface area is 129 Å². The first-order valence-electron chi connectivity index (χ1n) is 7.32. The molecule has 3 rings (SSSR count). The highest BCUT2D eigenvalue weighted by Crippen LogP contribution is 2.34. The van der Waals surface area contributed by atoms with Crippen LogP contribution in [0.4, 0.5) is 15.8 Å². The second-order valence-electron chi connectivity index (χ2n) is 6.63. The molecular weight excluding hydrogens is 279 g/mol. The number of anilines is 2. The van der Waals surface area contributed by atoms with Crippen molar-refractivity contribution in [2.75, 3.05) is 10.6 Å². The molecule has 1 heterocycles. The van der Waals surface area contributed by atoms with E-state index in [0.29, 0.717) is 5.69 Å². The molecule has 4 heteroatoms. The van der Waals surface area contributed by atoms with E-state index in [-0.39, 0.29) is 17.1 Å². The molecule has 1 atom stereocenters. The number of fused-ring (bicyclic) bond motifs is 1. The summed E-state index contributed by atoms with van der Waals surface area (Å²) in [4.78, 5) is 12.1. The molecule has 0 aromatic heterocycles. The van der Waals surface area contributed by atoms with Crippen LogP contribution in [0.3, 0.4) is 0 Å². The molecule has 1 aliphatic rings. The minimum atomic E-state index is -0.490. The number of hydrogen-bond acceptors (Lipinski definition) is 2. The van der Waals surface area contributed by atoms with E-state index in [2.05, 4.69) is 43.5 Å². The quantitative estimate of drug-likeness (QED) is 0.871. The van der Waals surface area contributed by atoms with Crippen molar-refractivity contribution in [2.24, 2.45) is 0 Å². The van der Waals surface area contributed by atoms with Crippen molar-refractivity contribution in [3.8, 4) is 0 Å². The molecule has 0 saturated heterocycles. The zero-order chi connectivity index (χ0) is 15.9. The summed E-state index contributed by atoms with van der Waals surface area (Å²) < 4.78 is 13.2. The Morgan fingerprint density at radius 2 is 1.77 bits per heavy atom. The van der Waals surface area contributed by atoms with Gasteiger partial charge in [-0.3, -0.25) is 4.79 Å². The third kappa shape index (κ3) is 2.69. The highest BCUT2D eigenvalue weighted by Gasteiger charge is 2.30. The maximum Gasteiger partial charge on any atom is 0.251 e. The average Bonchev–Trinajstić information content (AvgIpc) is 2.74. The molecule has 114 valence electrons. The van der Waals surface area contributed by atoms with Gasteiger partial charge in [0, 0.05) is 16.9 Å². The second kappa shape index (κ2) is 5.13. The van der Waals surface area contributed by atoms with E-state index in [1.54, 1.807) is 6.07 Å². The number of hydrogen-bond donors (Lipinski definition) is 2. The fourth-order valence-corrected chi connectivity index (χ4v) is 2.61. The summed E-state index contributed by atoms with van der Waals surface area (Å²) in [5, 5.41) is 5.91. The van der Waals surface area contributed by atoms with Gasteiger partial charge in [0.25, 0.3) is 5.91 Å². The van der Waals surface area contributed by atoms with Gasteiger partial charge in [-0.25, -0.2) is 4.39 Å². The van der Waals surface area contributed by atoms with Gasteiger partial charge in [-0.1, -0.05) is 39.0 Å². The van der Waals surface area contributed by atoms with Gasteiger partial charge in [0.15, 0.2) is 0 Å². The average molecular weight is 298 g/mol. The minimum absolute atomic E-state index is 0.0907. The first-order valence-corrected chi connectivity index (χ1v) is 7.32. The van der Waals surface area contributed by atoms with Crippen LogP contribution in [0.15, 0.2) is 42.5 Å². The van der Waals surface area contributed by atoms with Crippen molar-refractivity contribution in [2.45, 2.75) is 32.2 Å². The summed E-state index contributed by atoms with van der Waals surface area (Å²) in [5.74, 6) is -0.519. The van der Waals surface area contributed by atoms with Gasteiger partial charge in [-0.05, 0) is 35.2 Å². The molecule has 1 aliphatic heterocycles. The van der Waals surface area contributed by atoms with Crippen molar-refractivity contribution in [1.82, 2.24) is 0 Å². The molecule has 0 radical (unpaired) electrons. The van der Waals surface area contributed by atoms with Crippen LogP contribution in [-0.2, 0) is 10.2 Å². The van der Waals surface area contributed by atoms with Crippen LogP contribution in [0.5, 0.6) is 0 Å². The van der Waals surface area contributed by atoms with Crippen LogP contribution < -0.4 is 10.6 Å². The van der Waals surface area contributed by atoms with Crippen molar-refractivity contribution in [3.63, 3.8) is 0 Å². The lowest BCUT2D eigenvalue weighted by molar-refractivity contribution is -0.116. The van der Waals surface area contributed by atoms with Crippen LogP contribution >= 0.6 is 0 Å². The van der Waals surface area contributed by atoms with E-state index in [1.807, 2.05) is 12.1 Å². The first-order chi connectivity index (χ1) is 10.3. The van der Waals surface area contributed by atoms with Crippen molar-refractivity contribution >= 4 is 17.3 Å². The summed E-state index contributed by atoms with van der Waals surface area (Å²) in [7, 11) is 0. The Morgan fingerprint density at radius 3 is 2.41 bits per heavy atom. The van der Waals surface area contributed by atoms with E-state index in [4.69, 9.17) is 0 Å². The molecule has 0 aliphatic carbocycles. The number of nitrogens with one attached hydrogen (secondary N) is 2. The minimum Gasteiger partial charge on any atom is -0.370 e. The molecule has 1 unspecified atom stereocenters. The topological polar surface area (TPSA) is 41.1 Å². The summed E-state index contributed by atoms with van der Waals surface area (Å²) in [5.41, 5.74) is 3.50. The van der Waals surface area contributed by atoms with Crippen molar-refractivity contribution < 1.29 is 9.18 Å². The fraction of sp³-hybridized carbons (Fsp3) is 0.278. The number of halogens is 1. The Balaban J connectivity index is 1.84. The van der Waals surface area contributed by atoms with Crippen molar-refractivity contribution in [3.05, 3.63) is 59.4 Å². The predicted molar refractivity (Wildman–Crippen MR) is 86.5 cm³/mol. The smallest absolute Gasteiger partial charge is 0.251 e. The van der Waals surface area contributed by atoms with Crippen LogP contribution in [-0.4, -0.2) is 5.91 Å². The number of rotatable bonds is 2. The van der Waals surface area contributed by atoms with Gasteiger partial charge < -0.3 is 10.6 Å². The highest BCUT2D eigenvalue weighted by molar-refractivity contribution is 6.04. The lowest BCUT2D eigenvalue weighted by atomic mass is 9.87. The molecule has 3 nitrogen and oxygen atoms in total. The van der Waals surface area contributed by atoms with E-state index >= 15 is 0 Å². The standard InChI is InChI=1S/C18H19FN2O/c1-18(2,3)11-4-7-13(8-5-11)20-16-14-9-6-12(19)10-15(14)21-17(16)22/h4-10,16,20H,1-3H3,(H,21,22). The van der Waals surface area contributed by atoms with Gasteiger partial charge in [-0.15, -0.1) is 0 Å². The summed E-state index contributed by atoms with van der Waals surface area (Å²) in [6, 6.07) is 11.9. The molecule has 2 aromatic carbocycles. The lowest BCUT2D eigenvalue weighted by Crippen LogP contribution is -2.19. The van der Waals surface area contributed by atoms with E-state index in [1.165, 1.54) is 17.7 Å². The zero-order valence-electron chi connectivity index (χ0n) is 12.9. The normalized spacial score (nSPS) is 17.1. The monoisotopic (exact) mass is 298 g/mol. The highest BCUT2D eigenvalue weighted by atomic mass is 19.1. The Kier molecular flexibility index (Phi) is 3.39. The first kappa shape index (κ1) is 14.6. The molecule has 0 saturated carbocycles. The maximum absolute atomic E-state index is 13.2. The van der Waals surface area contributed by atoms with Gasteiger partial charge in [0.2, 0.25) is 0 Å². The largest absolute Gasteiger partial charge is 0.370 e. The molecule has 0 bridgehead atoms. The molecule has 22 heavy (non-hydrogen) atoms. The van der Waals surface area contributed by atoms with Gasteiger partial charge in [-0.2, -0.15) is 0 Å². The maximum atomic E-state index is 13.2. The molecule has 0 spiro atoms. The Bertz CT molecular complexity index is 717. The number of amides is 1. The van der Waals surface area contributed by atoms with Gasteiger partial charge in [0.05, 0.1) is 0 Å². The van der Waals surface area contributed by atoms with Crippen LogP contribution in [0.2, 0.25) is 0 Å². The molecular formula is C18H19FN2O. The lowest BCUT2D eigenvalue weighted by Gasteiger charge is -2.20. The van der Waals surface area contributed by atoms with Crippen LogP contribution in [0.25, 0.3) is 0 Å². The summed E-state index contributed by atoms with van der Waals surface area (Å²) in [6.45, 7) is 6.47. The molecule has 2 aromatic rings. The third-order valence-electron chi connectivity index (χ3n) is 3.91. The number of carbonyl (C=O) groups excluding carboxylic acids is 1. The predicted octanol–water partition coefficient (Wildman–Crippen LogP) is 4.23. The van der Waals surface area contributed by atoms with E-state index < -0.39 is 6.04 Å². The van der Waals surface area contributed by atoms with E-state index in [0.717, 1.165) is 11.3 Å². The van der Waals surface area contributed by atoms with E-state index in [9.17, 15) is 9.18 Å². The van der Waals surface area contributed by atoms with Crippen LogP contribution in [0.1, 0.15) is 37.9 Å². The second-order valence-corrected chi connectivity index (χ2v) is 6.63. The van der Waals surface area contributed by atoms with Crippen molar-refractivity contribution in [1.29, 1.82) is 0 Å². The molecule has 2 N–H and O–H groups in total. The Morgan fingerprint density at radius 1 is 1.09 bits per heavy atom. The van der Waals surface area contributed by atoms with Gasteiger partial charge >= 0.3 is 0 Å². The number of carbonyl (C=O) groups is 1. The molecule has 0 fully saturated rings. The van der Waals surface area contributed by atoms with Crippen LogP contribution in [0, 0.1) is 5.82 Å². The zero-order valence-corrected chi connectivity index (χ0v) is 12.9. The summed E-state index contributed by atoms with van der Waals surface area (Å²) >= 11 is 0. The molecule has 1 amide bonds. The Hall–Kier alpha value is -2.36. The SMILES string of the molecule is CC(C)(C)c1ccc(NC2C(=O)Nc3cc(F)ccc32)cc1. The van der Waals surface area contributed by atoms with Gasteiger partial charge in [0.1, 0.15) is 11.9 Å². The third-order valence-corrected chi connectivity index (χ3v) is 3.91.